The van der Waals surface area contributed by atoms with Crippen LogP contribution in [0.4, 0.5) is 11.4 Å². The van der Waals surface area contributed by atoms with E-state index in [0.717, 1.165) is 57.6 Å². The number of pyridine rings is 1. The van der Waals surface area contributed by atoms with Crippen LogP contribution in [0.3, 0.4) is 0 Å². The zero-order valence-corrected chi connectivity index (χ0v) is 23.5. The third-order valence-corrected chi connectivity index (χ3v) is 7.40. The molecule has 0 aliphatic heterocycles. The van der Waals surface area contributed by atoms with Gasteiger partial charge in [-0.25, -0.2) is 0 Å². The summed E-state index contributed by atoms with van der Waals surface area (Å²) in [5, 5.41) is 16.0. The first-order valence-corrected chi connectivity index (χ1v) is 14.0. The number of aryl methyl sites for hydroxylation is 1. The molecule has 5 N–H and O–H groups in total. The van der Waals surface area contributed by atoms with E-state index in [4.69, 9.17) is 15.6 Å². The Kier molecular flexibility index (Phi) is 9.99. The van der Waals surface area contributed by atoms with Gasteiger partial charge in [0.25, 0.3) is 11.8 Å². The van der Waals surface area contributed by atoms with Crippen LogP contribution < -0.4 is 21.1 Å². The van der Waals surface area contributed by atoms with Gasteiger partial charge in [0.1, 0.15) is 5.75 Å². The maximum absolute atomic E-state index is 12.7. The van der Waals surface area contributed by atoms with Crippen molar-refractivity contribution >= 4 is 45.9 Å². The number of benzene rings is 3. The predicted molar refractivity (Wildman–Crippen MR) is 160 cm³/mol. The average molecular weight is 559 g/mol. The van der Waals surface area contributed by atoms with Crippen LogP contribution in [0.25, 0.3) is 10.9 Å². The minimum Gasteiger partial charge on any atom is -0.497 e. The zero-order valence-electron chi connectivity index (χ0n) is 22.7. The molecule has 4 rings (SSSR count). The maximum atomic E-state index is 12.7. The number of carbonyl (C=O) groups excluding carboxylic acids is 2. The number of nitrogens with one attached hydrogen (secondary N) is 2. The van der Waals surface area contributed by atoms with Crippen LogP contribution in [0.5, 0.6) is 5.75 Å². The predicted octanol–water partition coefficient (Wildman–Crippen LogP) is 5.83. The highest BCUT2D eigenvalue weighted by molar-refractivity contribution is 7.99. The van der Waals surface area contributed by atoms with Crippen molar-refractivity contribution in [2.45, 2.75) is 42.4 Å². The topological polar surface area (TPSA) is 127 Å². The lowest BCUT2D eigenvalue weighted by Gasteiger charge is -2.16. The van der Waals surface area contributed by atoms with E-state index in [2.05, 4.69) is 15.6 Å². The van der Waals surface area contributed by atoms with E-state index < -0.39 is 5.91 Å². The van der Waals surface area contributed by atoms with E-state index in [0.29, 0.717) is 23.5 Å². The molecule has 2 amide bonds. The average Bonchev–Trinajstić information content (AvgIpc) is 2.95. The fraction of sp³-hybridized carbons (Fsp3) is 0.258. The third-order valence-electron chi connectivity index (χ3n) is 6.44. The van der Waals surface area contributed by atoms with Crippen LogP contribution in [-0.2, 0) is 0 Å². The summed E-state index contributed by atoms with van der Waals surface area (Å²) in [6.07, 6.45) is 5.10. The van der Waals surface area contributed by atoms with Crippen LogP contribution in [0.2, 0.25) is 0 Å². The number of ether oxygens (including phenoxy) is 1. The van der Waals surface area contributed by atoms with Crippen molar-refractivity contribution < 1.29 is 19.4 Å². The summed E-state index contributed by atoms with van der Waals surface area (Å²) >= 11 is 1.53. The van der Waals surface area contributed by atoms with Crippen LogP contribution in [0.15, 0.2) is 76.7 Å². The molecular weight excluding hydrogens is 524 g/mol. The van der Waals surface area contributed by atoms with Crippen LogP contribution in [0, 0.1) is 6.92 Å². The van der Waals surface area contributed by atoms with Gasteiger partial charge in [0, 0.05) is 51.8 Å². The van der Waals surface area contributed by atoms with Gasteiger partial charge in [-0.1, -0.05) is 36.7 Å². The molecule has 0 spiro atoms. The molecule has 1 heterocycles. The van der Waals surface area contributed by atoms with Crippen molar-refractivity contribution in [3.63, 3.8) is 0 Å². The van der Waals surface area contributed by atoms with Crippen LogP contribution in [0.1, 0.15) is 52.0 Å². The molecule has 0 aliphatic carbocycles. The van der Waals surface area contributed by atoms with Crippen LogP contribution in [-0.4, -0.2) is 42.2 Å². The lowest BCUT2D eigenvalue weighted by Crippen LogP contribution is -2.24. The van der Waals surface area contributed by atoms with E-state index in [1.54, 1.807) is 13.2 Å². The van der Waals surface area contributed by atoms with Gasteiger partial charge in [-0.15, -0.1) is 0 Å². The summed E-state index contributed by atoms with van der Waals surface area (Å²) in [4.78, 5) is 31.4. The van der Waals surface area contributed by atoms with Gasteiger partial charge in [0.2, 0.25) is 0 Å². The van der Waals surface area contributed by atoms with Gasteiger partial charge in [0.15, 0.2) is 0 Å². The Labute approximate surface area is 238 Å². The van der Waals surface area contributed by atoms with Gasteiger partial charge in [0.05, 0.1) is 23.9 Å². The molecule has 3 aromatic carbocycles. The summed E-state index contributed by atoms with van der Waals surface area (Å²) < 4.78 is 5.35. The number of nitrogens with two attached hydrogens (primary N) is 1. The second-order valence-corrected chi connectivity index (χ2v) is 10.6. The molecule has 0 unspecified atom stereocenters. The largest absolute Gasteiger partial charge is 0.497 e. The minimum atomic E-state index is -0.581. The van der Waals surface area contributed by atoms with Gasteiger partial charge in [-0.05, 0) is 67.8 Å². The fourth-order valence-electron chi connectivity index (χ4n) is 4.40. The Morgan fingerprint density at radius 1 is 1.00 bits per heavy atom. The van der Waals surface area contributed by atoms with Gasteiger partial charge >= 0.3 is 0 Å². The molecule has 0 saturated carbocycles. The lowest BCUT2D eigenvalue weighted by molar-refractivity contribution is 0.0951. The number of aliphatic hydroxyl groups is 1. The molecule has 0 fully saturated rings. The SMILES string of the molecule is COc1cccc(Nc2c(C(N)=O)cnc3c(C)cc(Sc4cccc(C(=O)NCCCCCCO)c4)cc23)c1. The number of rotatable bonds is 13. The van der Waals surface area contributed by atoms with Gasteiger partial charge < -0.3 is 26.2 Å². The number of hydrogen-bond donors (Lipinski definition) is 4. The number of unbranched alkanes of at least 4 members (excludes halogenated alkanes) is 3. The fourth-order valence-corrected chi connectivity index (χ4v) is 5.42. The van der Waals surface area contributed by atoms with Crippen LogP contribution >= 0.6 is 11.8 Å². The highest BCUT2D eigenvalue weighted by atomic mass is 32.2. The Hall–Kier alpha value is -4.08. The maximum Gasteiger partial charge on any atom is 0.252 e. The van der Waals surface area contributed by atoms with Crippen molar-refractivity contribution in [1.82, 2.24) is 10.3 Å². The quantitative estimate of drug-likeness (QED) is 0.152. The molecule has 208 valence electrons. The Morgan fingerprint density at radius 2 is 1.80 bits per heavy atom. The van der Waals surface area contributed by atoms with E-state index in [1.807, 2.05) is 61.5 Å². The van der Waals surface area contributed by atoms with E-state index in [1.165, 1.54) is 18.0 Å². The number of fused-ring (bicyclic) bond motifs is 1. The van der Waals surface area contributed by atoms with Crippen molar-refractivity contribution in [2.24, 2.45) is 5.73 Å². The molecule has 8 nitrogen and oxygen atoms in total. The normalized spacial score (nSPS) is 10.9. The van der Waals surface area contributed by atoms with Gasteiger partial charge in [-0.2, -0.15) is 0 Å². The second-order valence-electron chi connectivity index (χ2n) is 9.43. The van der Waals surface area contributed by atoms with E-state index >= 15 is 0 Å². The number of methoxy groups -OCH3 is 1. The first-order chi connectivity index (χ1) is 19.4. The van der Waals surface area contributed by atoms with Gasteiger partial charge in [-0.3, -0.25) is 14.6 Å². The molecule has 0 atom stereocenters. The highest BCUT2D eigenvalue weighted by Gasteiger charge is 2.17. The molecule has 1 aromatic heterocycles. The molecule has 9 heteroatoms. The molecule has 0 bridgehead atoms. The second kappa shape index (κ2) is 13.8. The van der Waals surface area contributed by atoms with Crippen molar-refractivity contribution in [2.75, 3.05) is 25.6 Å². The van der Waals surface area contributed by atoms with E-state index in [-0.39, 0.29) is 18.1 Å². The minimum absolute atomic E-state index is 0.112. The number of anilines is 2. The summed E-state index contributed by atoms with van der Waals surface area (Å²) in [5.41, 5.74) is 9.63. The monoisotopic (exact) mass is 558 g/mol. The number of hydrogen-bond acceptors (Lipinski definition) is 7. The number of carbonyl (C=O) groups is 2. The highest BCUT2D eigenvalue weighted by Crippen LogP contribution is 2.37. The molecule has 0 radical (unpaired) electrons. The summed E-state index contributed by atoms with van der Waals surface area (Å²) in [6, 6.07) is 19.0. The Morgan fingerprint density at radius 3 is 2.58 bits per heavy atom. The number of aromatic nitrogens is 1. The van der Waals surface area contributed by atoms with Crippen molar-refractivity contribution in [3.8, 4) is 5.75 Å². The smallest absolute Gasteiger partial charge is 0.252 e. The number of primary amides is 1. The number of amides is 2. The molecule has 40 heavy (non-hydrogen) atoms. The molecule has 0 saturated heterocycles. The molecular formula is C31H34N4O4S. The Bertz CT molecular complexity index is 1510. The molecule has 4 aromatic rings. The van der Waals surface area contributed by atoms with Crippen molar-refractivity contribution in [3.05, 3.63) is 83.6 Å². The standard InChI is InChI=1S/C31H34N4O4S/c1-20-15-25(40-24-12-7-9-21(16-24)31(38)33-13-5-3-4-6-14-36)18-26-28(20)34-19-27(30(32)37)29(26)35-22-10-8-11-23(17-22)39-2/h7-12,15-19,36H,3-6,13-14H2,1-2H3,(H2,32,37)(H,33,38)(H,34,35). The summed E-state index contributed by atoms with van der Waals surface area (Å²) in [6.45, 7) is 2.78. The van der Waals surface area contributed by atoms with E-state index in [9.17, 15) is 9.59 Å². The lowest BCUT2D eigenvalue weighted by atomic mass is 10.1. The first-order valence-electron chi connectivity index (χ1n) is 13.2. The third kappa shape index (κ3) is 7.31. The number of nitrogens with zero attached hydrogens (tertiary/aromatic N) is 1. The number of aliphatic hydroxyl groups excluding tert-OH is 1. The Balaban J connectivity index is 1.60. The van der Waals surface area contributed by atoms with Crippen molar-refractivity contribution in [1.29, 1.82) is 0 Å². The summed E-state index contributed by atoms with van der Waals surface area (Å²) in [7, 11) is 1.60. The summed E-state index contributed by atoms with van der Waals surface area (Å²) in [5.74, 6) is -0.0102. The molecule has 0 aliphatic rings. The first kappa shape index (κ1) is 28.9. The zero-order chi connectivity index (χ0) is 28.5.